The minimum absolute atomic E-state index is 0.0173. The molecule has 1 fully saturated rings. The van der Waals surface area contributed by atoms with E-state index in [0.717, 1.165) is 5.75 Å². The van der Waals surface area contributed by atoms with E-state index in [1.165, 1.54) is 15.7 Å². The first kappa shape index (κ1) is 19.1. The number of fused-ring (bicyclic) bond motifs is 1. The molecule has 0 unspecified atom stereocenters. The molecule has 1 atom stereocenters. The highest BCUT2D eigenvalue weighted by molar-refractivity contribution is 7.99. The van der Waals surface area contributed by atoms with Crippen molar-refractivity contribution in [1.29, 1.82) is 0 Å². The Morgan fingerprint density at radius 3 is 2.62 bits per heavy atom. The van der Waals surface area contributed by atoms with Crippen LogP contribution in [0.5, 0.6) is 0 Å². The molecule has 1 saturated heterocycles. The third kappa shape index (κ3) is 4.33. The van der Waals surface area contributed by atoms with Crippen molar-refractivity contribution in [1.82, 2.24) is 4.90 Å². The van der Waals surface area contributed by atoms with Crippen LogP contribution in [0.4, 0.5) is 4.79 Å². The molecule has 2 aromatic rings. The second-order valence-corrected chi connectivity index (χ2v) is 9.18. The van der Waals surface area contributed by atoms with Gasteiger partial charge >= 0.3 is 6.09 Å². The predicted octanol–water partition coefficient (Wildman–Crippen LogP) is 5.30. The summed E-state index contributed by atoms with van der Waals surface area (Å²) in [6.45, 7) is 10.00. The second kappa shape index (κ2) is 7.12. The van der Waals surface area contributed by atoms with Gasteiger partial charge in [-0.2, -0.15) is 0 Å². The van der Waals surface area contributed by atoms with Crippen molar-refractivity contribution in [2.24, 2.45) is 0 Å². The lowest BCUT2D eigenvalue weighted by Gasteiger charge is -2.35. The summed E-state index contributed by atoms with van der Waals surface area (Å²) < 4.78 is 11.5. The number of amides is 1. The fourth-order valence-electron chi connectivity index (χ4n) is 3.14. The molecule has 4 nitrogen and oxygen atoms in total. The first-order valence-electron chi connectivity index (χ1n) is 8.94. The van der Waals surface area contributed by atoms with Crippen LogP contribution >= 0.6 is 11.8 Å². The van der Waals surface area contributed by atoms with Crippen LogP contribution in [-0.2, 0) is 9.47 Å². The first-order chi connectivity index (χ1) is 12.2. The van der Waals surface area contributed by atoms with Crippen molar-refractivity contribution in [2.45, 2.75) is 56.9 Å². The Bertz CT molecular complexity index is 797. The van der Waals surface area contributed by atoms with E-state index in [1.807, 2.05) is 46.8 Å². The third-order valence-electron chi connectivity index (χ3n) is 4.33. The van der Waals surface area contributed by atoms with Gasteiger partial charge in [-0.15, -0.1) is 11.8 Å². The van der Waals surface area contributed by atoms with Gasteiger partial charge in [0.15, 0.2) is 0 Å². The van der Waals surface area contributed by atoms with E-state index >= 15 is 0 Å². The van der Waals surface area contributed by atoms with Gasteiger partial charge in [-0.3, -0.25) is 4.90 Å². The lowest BCUT2D eigenvalue weighted by Crippen LogP contribution is -2.50. The number of nitrogens with zero attached hydrogens (tertiary/aromatic N) is 1. The molecule has 0 N–H and O–H groups in total. The summed E-state index contributed by atoms with van der Waals surface area (Å²) in [7, 11) is 0. The molecule has 0 radical (unpaired) electrons. The molecule has 1 aliphatic rings. The van der Waals surface area contributed by atoms with Crippen LogP contribution in [0, 0.1) is 0 Å². The van der Waals surface area contributed by atoms with Gasteiger partial charge in [-0.25, -0.2) is 4.79 Å². The zero-order valence-corrected chi connectivity index (χ0v) is 16.9. The highest BCUT2D eigenvalue weighted by Gasteiger charge is 2.45. The number of benzene rings is 2. The Kier molecular flexibility index (Phi) is 5.22. The van der Waals surface area contributed by atoms with Crippen LogP contribution in [0.25, 0.3) is 10.8 Å². The van der Waals surface area contributed by atoms with Gasteiger partial charge in [0.1, 0.15) is 11.3 Å². The van der Waals surface area contributed by atoms with Gasteiger partial charge in [0.25, 0.3) is 0 Å². The van der Waals surface area contributed by atoms with Crippen LogP contribution in [0.2, 0.25) is 0 Å². The molecule has 1 amide bonds. The number of rotatable bonds is 3. The van der Waals surface area contributed by atoms with Gasteiger partial charge in [-0.05, 0) is 57.5 Å². The van der Waals surface area contributed by atoms with E-state index in [0.29, 0.717) is 6.61 Å². The highest BCUT2D eigenvalue weighted by atomic mass is 32.2. The first-order valence-corrected chi connectivity index (χ1v) is 9.92. The number of carbonyl (C=O) groups excluding carboxylic acids is 1. The molecular weight excluding hydrogens is 346 g/mol. The Hall–Kier alpha value is -1.72. The van der Waals surface area contributed by atoms with E-state index in [-0.39, 0.29) is 12.1 Å². The molecule has 0 aromatic heterocycles. The van der Waals surface area contributed by atoms with E-state index in [2.05, 4.69) is 30.3 Å². The van der Waals surface area contributed by atoms with Gasteiger partial charge in [0.2, 0.25) is 0 Å². The summed E-state index contributed by atoms with van der Waals surface area (Å²) in [6.07, 6.45) is -0.316. The molecule has 3 rings (SSSR count). The van der Waals surface area contributed by atoms with E-state index in [4.69, 9.17) is 9.47 Å². The Balaban J connectivity index is 1.71. The van der Waals surface area contributed by atoms with Crippen molar-refractivity contribution in [3.8, 4) is 0 Å². The predicted molar refractivity (Wildman–Crippen MR) is 107 cm³/mol. The maximum atomic E-state index is 12.7. The minimum atomic E-state index is -0.656. The summed E-state index contributed by atoms with van der Waals surface area (Å²) >= 11 is 1.74. The molecule has 0 bridgehead atoms. The van der Waals surface area contributed by atoms with Crippen LogP contribution < -0.4 is 0 Å². The Morgan fingerprint density at radius 1 is 1.23 bits per heavy atom. The number of hydrogen-bond acceptors (Lipinski definition) is 4. The van der Waals surface area contributed by atoms with Crippen LogP contribution in [-0.4, -0.2) is 40.7 Å². The maximum Gasteiger partial charge on any atom is 0.412 e. The van der Waals surface area contributed by atoms with E-state index in [1.54, 1.807) is 16.7 Å². The smallest absolute Gasteiger partial charge is 0.412 e. The number of carbonyl (C=O) groups is 1. The molecule has 2 aromatic carbocycles. The summed E-state index contributed by atoms with van der Waals surface area (Å²) in [6, 6.07) is 14.8. The molecule has 140 valence electrons. The fraction of sp³-hybridized carbons (Fsp3) is 0.476. The van der Waals surface area contributed by atoms with Crippen molar-refractivity contribution < 1.29 is 14.3 Å². The van der Waals surface area contributed by atoms with Crippen LogP contribution in [0.3, 0.4) is 0 Å². The van der Waals surface area contributed by atoms with Gasteiger partial charge in [-0.1, -0.05) is 30.3 Å². The molecule has 0 saturated carbocycles. The largest absolute Gasteiger partial charge is 0.444 e. The fourth-order valence-corrected chi connectivity index (χ4v) is 4.14. The average molecular weight is 374 g/mol. The zero-order chi connectivity index (χ0) is 18.9. The monoisotopic (exact) mass is 373 g/mol. The molecular formula is C21H27NO3S. The topological polar surface area (TPSA) is 38.8 Å². The summed E-state index contributed by atoms with van der Waals surface area (Å²) in [5, 5.41) is 2.46. The maximum absolute atomic E-state index is 12.7. The molecule has 1 aliphatic heterocycles. The molecule has 26 heavy (non-hydrogen) atoms. The van der Waals surface area contributed by atoms with Crippen LogP contribution in [0.15, 0.2) is 47.4 Å². The summed E-state index contributed by atoms with van der Waals surface area (Å²) in [5.41, 5.74) is -1.18. The van der Waals surface area contributed by atoms with Crippen molar-refractivity contribution in [3.63, 3.8) is 0 Å². The molecule has 5 heteroatoms. The summed E-state index contributed by atoms with van der Waals surface area (Å²) in [4.78, 5) is 15.6. The van der Waals surface area contributed by atoms with Crippen molar-refractivity contribution in [3.05, 3.63) is 42.5 Å². The Morgan fingerprint density at radius 2 is 1.92 bits per heavy atom. The SMILES string of the molecule is CC(C)(C)OC(=O)N1[C@H](CSc2ccc3ccccc3c2)COC1(C)C. The zero-order valence-electron chi connectivity index (χ0n) is 16.1. The highest BCUT2D eigenvalue weighted by Crippen LogP contribution is 2.33. The van der Waals surface area contributed by atoms with Crippen molar-refractivity contribution >= 4 is 28.6 Å². The van der Waals surface area contributed by atoms with E-state index < -0.39 is 11.3 Å². The second-order valence-electron chi connectivity index (χ2n) is 8.08. The minimum Gasteiger partial charge on any atom is -0.444 e. The summed E-state index contributed by atoms with van der Waals surface area (Å²) in [5.74, 6) is 0.765. The number of hydrogen-bond donors (Lipinski definition) is 0. The van der Waals surface area contributed by atoms with Crippen LogP contribution in [0.1, 0.15) is 34.6 Å². The lowest BCUT2D eigenvalue weighted by atomic mass is 10.1. The average Bonchev–Trinajstić information content (AvgIpc) is 2.86. The quantitative estimate of drug-likeness (QED) is 0.684. The molecule has 0 aliphatic carbocycles. The van der Waals surface area contributed by atoms with Crippen molar-refractivity contribution in [2.75, 3.05) is 12.4 Å². The van der Waals surface area contributed by atoms with Gasteiger partial charge in [0, 0.05) is 10.6 Å². The number of thioether (sulfide) groups is 1. The third-order valence-corrected chi connectivity index (χ3v) is 5.47. The Labute approximate surface area is 159 Å². The molecule has 1 heterocycles. The van der Waals surface area contributed by atoms with E-state index in [9.17, 15) is 4.79 Å². The van der Waals surface area contributed by atoms with Gasteiger partial charge < -0.3 is 9.47 Å². The standard InChI is InChI=1S/C21H27NO3S/c1-20(2,3)25-19(23)22-17(13-24-21(22,4)5)14-26-18-11-10-15-8-6-7-9-16(15)12-18/h6-12,17H,13-14H2,1-5H3/t17-/m0/s1. The lowest BCUT2D eigenvalue weighted by molar-refractivity contribution is -0.0617. The number of ether oxygens (including phenoxy) is 2. The van der Waals surface area contributed by atoms with Gasteiger partial charge in [0.05, 0.1) is 12.6 Å². The normalized spacial score (nSPS) is 19.7. The molecule has 0 spiro atoms.